The van der Waals surface area contributed by atoms with Crippen molar-refractivity contribution in [1.82, 2.24) is 4.57 Å². The van der Waals surface area contributed by atoms with Gasteiger partial charge >= 0.3 is 5.97 Å². The molecule has 0 radical (unpaired) electrons. The number of amides is 1. The van der Waals surface area contributed by atoms with Crippen LogP contribution in [0.15, 0.2) is 46.3 Å². The number of benzene rings is 2. The lowest BCUT2D eigenvalue weighted by Gasteiger charge is -2.09. The van der Waals surface area contributed by atoms with E-state index in [-0.39, 0.29) is 19.1 Å². The first-order valence-electron chi connectivity index (χ1n) is 9.73. The second kappa shape index (κ2) is 10.5. The number of aromatic nitrogens is 1. The summed E-state index contributed by atoms with van der Waals surface area (Å²) in [6.45, 7) is 4.03. The zero-order valence-corrected chi connectivity index (χ0v) is 19.5. The van der Waals surface area contributed by atoms with Gasteiger partial charge in [-0.2, -0.15) is 4.99 Å². The Balaban J connectivity index is 2.10. The minimum absolute atomic E-state index is 0.0679. The van der Waals surface area contributed by atoms with Gasteiger partial charge in [-0.25, -0.2) is 0 Å². The number of methoxy groups -OCH3 is 2. The number of nitrogens with zero attached hydrogens (tertiary/aromatic N) is 2. The maximum absolute atomic E-state index is 12.8. The molecule has 0 unspecified atom stereocenters. The molecule has 0 bridgehead atoms. The number of thioether (sulfide) groups is 1. The van der Waals surface area contributed by atoms with Crippen molar-refractivity contribution in [1.29, 1.82) is 0 Å². The molecule has 164 valence electrons. The quantitative estimate of drug-likeness (QED) is 0.371. The molecular weight excluding hydrogens is 436 g/mol. The maximum atomic E-state index is 12.8. The highest BCUT2D eigenvalue weighted by Gasteiger charge is 2.16. The van der Waals surface area contributed by atoms with E-state index in [0.29, 0.717) is 27.4 Å². The second-order valence-electron chi connectivity index (χ2n) is 6.33. The second-order valence-corrected chi connectivity index (χ2v) is 8.67. The van der Waals surface area contributed by atoms with Crippen molar-refractivity contribution in [3.8, 4) is 11.5 Å². The van der Waals surface area contributed by atoms with Gasteiger partial charge in [-0.1, -0.05) is 18.3 Å². The van der Waals surface area contributed by atoms with Gasteiger partial charge in [-0.3, -0.25) is 9.59 Å². The molecule has 7 nitrogen and oxygen atoms in total. The lowest BCUT2D eigenvalue weighted by molar-refractivity contribution is -0.143. The number of ether oxygens (including phenoxy) is 3. The number of rotatable bonds is 8. The molecule has 0 aliphatic rings. The molecule has 0 fully saturated rings. The van der Waals surface area contributed by atoms with Gasteiger partial charge in [0.2, 0.25) is 0 Å². The lowest BCUT2D eigenvalue weighted by atomic mass is 10.2. The summed E-state index contributed by atoms with van der Waals surface area (Å²) in [6.07, 6.45) is 0. The zero-order chi connectivity index (χ0) is 22.4. The fourth-order valence-electron chi connectivity index (χ4n) is 2.98. The van der Waals surface area contributed by atoms with Crippen molar-refractivity contribution in [2.75, 3.05) is 26.6 Å². The van der Waals surface area contributed by atoms with E-state index in [2.05, 4.69) is 11.9 Å². The Morgan fingerprint density at radius 2 is 1.74 bits per heavy atom. The van der Waals surface area contributed by atoms with Crippen LogP contribution < -0.4 is 14.3 Å². The zero-order valence-electron chi connectivity index (χ0n) is 17.8. The SMILES string of the molecule is CCOC(=O)Cn1c(=NC(=O)c2ccc(SCC)cc2)sc2cc(OC)c(OC)cc21. The third-order valence-corrected chi connectivity index (χ3v) is 6.33. The van der Waals surface area contributed by atoms with E-state index < -0.39 is 5.97 Å². The summed E-state index contributed by atoms with van der Waals surface area (Å²) < 4.78 is 18.3. The minimum Gasteiger partial charge on any atom is -0.493 e. The molecule has 1 heterocycles. The molecule has 0 aliphatic carbocycles. The van der Waals surface area contributed by atoms with Crippen LogP contribution in [0.3, 0.4) is 0 Å². The molecule has 0 saturated carbocycles. The summed E-state index contributed by atoms with van der Waals surface area (Å²) in [5, 5.41) is 0. The Morgan fingerprint density at radius 3 is 2.35 bits per heavy atom. The monoisotopic (exact) mass is 460 g/mol. The highest BCUT2D eigenvalue weighted by atomic mass is 32.2. The molecule has 3 rings (SSSR count). The first-order chi connectivity index (χ1) is 15.0. The van der Waals surface area contributed by atoms with Crippen molar-refractivity contribution in [2.45, 2.75) is 25.3 Å². The number of carbonyl (C=O) groups excluding carboxylic acids is 2. The summed E-state index contributed by atoms with van der Waals surface area (Å²) in [5.74, 6) is 1.25. The lowest BCUT2D eigenvalue weighted by Crippen LogP contribution is -2.23. The predicted molar refractivity (Wildman–Crippen MR) is 122 cm³/mol. The normalized spacial score (nSPS) is 11.5. The van der Waals surface area contributed by atoms with E-state index >= 15 is 0 Å². The van der Waals surface area contributed by atoms with Gasteiger partial charge in [0.25, 0.3) is 5.91 Å². The van der Waals surface area contributed by atoms with Crippen molar-refractivity contribution < 1.29 is 23.8 Å². The summed E-state index contributed by atoms with van der Waals surface area (Å²) in [7, 11) is 3.10. The van der Waals surface area contributed by atoms with Crippen molar-refractivity contribution >= 4 is 45.2 Å². The Labute approximate surface area is 188 Å². The number of hydrogen-bond acceptors (Lipinski definition) is 7. The highest BCUT2D eigenvalue weighted by molar-refractivity contribution is 7.99. The molecule has 2 aromatic carbocycles. The van der Waals surface area contributed by atoms with Crippen LogP contribution in [-0.4, -0.2) is 43.0 Å². The summed E-state index contributed by atoms with van der Waals surface area (Å²) >= 11 is 3.00. The Morgan fingerprint density at radius 1 is 1.06 bits per heavy atom. The number of carbonyl (C=O) groups is 2. The van der Waals surface area contributed by atoms with E-state index in [0.717, 1.165) is 15.3 Å². The molecular formula is C22H24N2O5S2. The van der Waals surface area contributed by atoms with Crippen LogP contribution in [0.2, 0.25) is 0 Å². The fourth-order valence-corrected chi connectivity index (χ4v) is 4.68. The largest absolute Gasteiger partial charge is 0.493 e. The Bertz CT molecular complexity index is 1150. The third-order valence-electron chi connectivity index (χ3n) is 4.39. The van der Waals surface area contributed by atoms with Gasteiger partial charge in [0.05, 0.1) is 31.0 Å². The molecule has 31 heavy (non-hydrogen) atoms. The van der Waals surface area contributed by atoms with Crippen molar-refractivity contribution in [2.24, 2.45) is 4.99 Å². The van der Waals surface area contributed by atoms with E-state index in [1.165, 1.54) is 11.3 Å². The van der Waals surface area contributed by atoms with Gasteiger partial charge in [0.15, 0.2) is 16.3 Å². The average molecular weight is 461 g/mol. The predicted octanol–water partition coefficient (Wildman–Crippen LogP) is 4.14. The van der Waals surface area contributed by atoms with Crippen LogP contribution in [0.4, 0.5) is 0 Å². The first kappa shape index (κ1) is 22.9. The summed E-state index contributed by atoms with van der Waals surface area (Å²) in [5.41, 5.74) is 1.19. The molecule has 0 atom stereocenters. The van der Waals surface area contributed by atoms with Gasteiger partial charge in [-0.15, -0.1) is 11.8 Å². The summed E-state index contributed by atoms with van der Waals surface area (Å²) in [6, 6.07) is 10.9. The third kappa shape index (κ3) is 5.29. The smallest absolute Gasteiger partial charge is 0.326 e. The number of esters is 1. The molecule has 0 aliphatic heterocycles. The molecule has 0 saturated heterocycles. The Kier molecular flexibility index (Phi) is 7.75. The molecule has 1 aromatic heterocycles. The highest BCUT2D eigenvalue weighted by Crippen LogP contribution is 2.33. The fraction of sp³-hybridized carbons (Fsp3) is 0.318. The Hall–Kier alpha value is -2.78. The minimum atomic E-state index is -0.410. The molecule has 9 heteroatoms. The van der Waals surface area contributed by atoms with E-state index in [9.17, 15) is 9.59 Å². The van der Waals surface area contributed by atoms with E-state index in [4.69, 9.17) is 14.2 Å². The van der Waals surface area contributed by atoms with Gasteiger partial charge in [-0.05, 0) is 36.9 Å². The van der Waals surface area contributed by atoms with Gasteiger partial charge in [0.1, 0.15) is 6.54 Å². The van der Waals surface area contributed by atoms with Crippen molar-refractivity contribution in [3.05, 3.63) is 46.8 Å². The topological polar surface area (TPSA) is 79.1 Å². The molecule has 3 aromatic rings. The van der Waals surface area contributed by atoms with Crippen molar-refractivity contribution in [3.63, 3.8) is 0 Å². The van der Waals surface area contributed by atoms with Crippen LogP contribution in [-0.2, 0) is 16.1 Å². The van der Waals surface area contributed by atoms with Crippen LogP contribution in [0, 0.1) is 0 Å². The van der Waals surface area contributed by atoms with Crippen LogP contribution in [0.25, 0.3) is 10.2 Å². The van der Waals surface area contributed by atoms with Gasteiger partial charge in [0, 0.05) is 22.6 Å². The van der Waals surface area contributed by atoms with Gasteiger partial charge < -0.3 is 18.8 Å². The number of hydrogen-bond donors (Lipinski definition) is 0. The standard InChI is InChI=1S/C22H24N2O5S2/c1-5-29-20(25)13-24-16-11-17(27-3)18(28-4)12-19(16)31-22(24)23-21(26)14-7-9-15(10-8-14)30-6-2/h7-12H,5-6,13H2,1-4H3. The van der Waals surface area contributed by atoms with E-state index in [1.54, 1.807) is 61.7 Å². The maximum Gasteiger partial charge on any atom is 0.326 e. The summed E-state index contributed by atoms with van der Waals surface area (Å²) in [4.78, 5) is 30.8. The van der Waals surface area contributed by atoms with Crippen LogP contribution in [0.5, 0.6) is 11.5 Å². The van der Waals surface area contributed by atoms with Crippen LogP contribution >= 0.6 is 23.1 Å². The van der Waals surface area contributed by atoms with Crippen LogP contribution in [0.1, 0.15) is 24.2 Å². The molecule has 0 N–H and O–H groups in total. The average Bonchev–Trinajstić information content (AvgIpc) is 3.09. The van der Waals surface area contributed by atoms with E-state index in [1.807, 2.05) is 12.1 Å². The number of fused-ring (bicyclic) bond motifs is 1. The molecule has 0 spiro atoms. The number of thiazole rings is 1. The molecule has 1 amide bonds. The first-order valence-corrected chi connectivity index (χ1v) is 11.5.